The lowest BCUT2D eigenvalue weighted by molar-refractivity contribution is 0.535. The summed E-state index contributed by atoms with van der Waals surface area (Å²) in [6, 6.07) is 4.73. The molecule has 0 aromatic carbocycles. The Morgan fingerprint density at radius 3 is 2.80 bits per heavy atom. The molecule has 1 aromatic rings. The van der Waals surface area contributed by atoms with Crippen LogP contribution in [0.15, 0.2) is 28.1 Å². The molecule has 0 aliphatic carbocycles. The summed E-state index contributed by atoms with van der Waals surface area (Å²) in [5, 5.41) is 3.56. The molecule has 0 saturated carbocycles. The molecule has 1 aromatic heterocycles. The smallest absolute Gasteiger partial charge is 0.0701 e. The standard InChI is InChI=1S/C12H18BrNS/c1-4-7-14-10(8-9(2)3)11-5-6-12(13)15-11/h5-6,10,14H,2,4,7-8H2,1,3H3. The van der Waals surface area contributed by atoms with Gasteiger partial charge in [-0.2, -0.15) is 0 Å². The zero-order valence-electron chi connectivity index (χ0n) is 9.35. The van der Waals surface area contributed by atoms with Crippen molar-refractivity contribution in [1.82, 2.24) is 5.32 Å². The Labute approximate surface area is 105 Å². The lowest BCUT2D eigenvalue weighted by Crippen LogP contribution is -2.21. The van der Waals surface area contributed by atoms with Crippen LogP contribution in [0.4, 0.5) is 0 Å². The summed E-state index contributed by atoms with van der Waals surface area (Å²) in [5.74, 6) is 0. The molecule has 1 nitrogen and oxygen atoms in total. The molecule has 84 valence electrons. The van der Waals surface area contributed by atoms with Gasteiger partial charge in [-0.1, -0.05) is 12.5 Å². The molecule has 1 heterocycles. The van der Waals surface area contributed by atoms with Crippen LogP contribution in [-0.2, 0) is 0 Å². The van der Waals surface area contributed by atoms with Gasteiger partial charge in [-0.05, 0) is 54.4 Å². The minimum atomic E-state index is 0.429. The maximum atomic E-state index is 3.99. The van der Waals surface area contributed by atoms with Crippen molar-refractivity contribution >= 4 is 27.3 Å². The second-order valence-electron chi connectivity index (χ2n) is 3.81. The van der Waals surface area contributed by atoms with E-state index in [1.807, 2.05) is 0 Å². The number of hydrogen-bond acceptors (Lipinski definition) is 2. The van der Waals surface area contributed by atoms with Crippen molar-refractivity contribution in [2.45, 2.75) is 32.7 Å². The van der Waals surface area contributed by atoms with E-state index in [-0.39, 0.29) is 0 Å². The number of thiophene rings is 1. The molecule has 1 rings (SSSR count). The van der Waals surface area contributed by atoms with E-state index in [1.54, 1.807) is 11.3 Å². The van der Waals surface area contributed by atoms with Gasteiger partial charge in [0.15, 0.2) is 0 Å². The highest BCUT2D eigenvalue weighted by Crippen LogP contribution is 2.30. The first kappa shape index (κ1) is 12.9. The average molecular weight is 288 g/mol. The first-order valence-corrected chi connectivity index (χ1v) is 6.87. The molecule has 3 heteroatoms. The Morgan fingerprint density at radius 1 is 1.60 bits per heavy atom. The van der Waals surface area contributed by atoms with Gasteiger partial charge in [0.25, 0.3) is 0 Å². The van der Waals surface area contributed by atoms with E-state index in [2.05, 4.69) is 53.8 Å². The van der Waals surface area contributed by atoms with Crippen molar-refractivity contribution < 1.29 is 0 Å². The summed E-state index contributed by atoms with van der Waals surface area (Å²) < 4.78 is 1.20. The molecule has 0 saturated heterocycles. The largest absolute Gasteiger partial charge is 0.309 e. The third-order valence-corrected chi connectivity index (χ3v) is 3.87. The third-order valence-electron chi connectivity index (χ3n) is 2.13. The van der Waals surface area contributed by atoms with Gasteiger partial charge in [0.05, 0.1) is 3.79 Å². The van der Waals surface area contributed by atoms with Crippen LogP contribution < -0.4 is 5.32 Å². The highest BCUT2D eigenvalue weighted by Gasteiger charge is 2.12. The van der Waals surface area contributed by atoms with Crippen molar-refractivity contribution in [3.8, 4) is 0 Å². The van der Waals surface area contributed by atoms with E-state index in [0.717, 1.165) is 13.0 Å². The fraction of sp³-hybridized carbons (Fsp3) is 0.500. The Balaban J connectivity index is 2.66. The summed E-state index contributed by atoms with van der Waals surface area (Å²) >= 11 is 5.30. The molecule has 0 amide bonds. The van der Waals surface area contributed by atoms with Crippen molar-refractivity contribution in [1.29, 1.82) is 0 Å². The van der Waals surface area contributed by atoms with Gasteiger partial charge < -0.3 is 5.32 Å². The Bertz CT molecular complexity index is 319. The predicted octanol–water partition coefficient (Wildman–Crippen LogP) is 4.52. The van der Waals surface area contributed by atoms with Crippen molar-refractivity contribution in [3.63, 3.8) is 0 Å². The number of rotatable bonds is 6. The van der Waals surface area contributed by atoms with Gasteiger partial charge in [-0.15, -0.1) is 17.9 Å². The van der Waals surface area contributed by atoms with E-state index >= 15 is 0 Å². The average Bonchev–Trinajstić information content (AvgIpc) is 2.58. The van der Waals surface area contributed by atoms with E-state index < -0.39 is 0 Å². The Hall–Kier alpha value is -0.120. The summed E-state index contributed by atoms with van der Waals surface area (Å²) in [4.78, 5) is 1.39. The van der Waals surface area contributed by atoms with Crippen LogP contribution >= 0.6 is 27.3 Å². The molecule has 0 spiro atoms. The van der Waals surface area contributed by atoms with Crippen molar-refractivity contribution in [3.05, 3.63) is 32.9 Å². The highest BCUT2D eigenvalue weighted by molar-refractivity contribution is 9.11. The minimum absolute atomic E-state index is 0.429. The van der Waals surface area contributed by atoms with Gasteiger partial charge in [0.2, 0.25) is 0 Å². The molecule has 1 N–H and O–H groups in total. The molecule has 0 radical (unpaired) electrons. The fourth-order valence-corrected chi connectivity index (χ4v) is 2.96. The summed E-state index contributed by atoms with van der Waals surface area (Å²) in [5.41, 5.74) is 1.23. The molecule has 0 fully saturated rings. The molecule has 0 aliphatic heterocycles. The van der Waals surface area contributed by atoms with Crippen LogP contribution in [0.25, 0.3) is 0 Å². The molecule has 1 unspecified atom stereocenters. The van der Waals surface area contributed by atoms with Crippen LogP contribution in [0.2, 0.25) is 0 Å². The molecule has 15 heavy (non-hydrogen) atoms. The fourth-order valence-electron chi connectivity index (χ4n) is 1.46. The molecule has 0 bridgehead atoms. The van der Waals surface area contributed by atoms with Gasteiger partial charge in [-0.3, -0.25) is 0 Å². The first-order chi connectivity index (χ1) is 7.13. The zero-order valence-corrected chi connectivity index (χ0v) is 11.7. The van der Waals surface area contributed by atoms with Crippen molar-refractivity contribution in [2.24, 2.45) is 0 Å². The highest BCUT2D eigenvalue weighted by atomic mass is 79.9. The van der Waals surface area contributed by atoms with Gasteiger partial charge in [-0.25, -0.2) is 0 Å². The second kappa shape index (κ2) is 6.46. The van der Waals surface area contributed by atoms with E-state index in [4.69, 9.17) is 0 Å². The SMILES string of the molecule is C=C(C)CC(NCCC)c1ccc(Br)s1. The number of nitrogens with one attached hydrogen (secondary N) is 1. The molecule has 0 aliphatic rings. The summed E-state index contributed by atoms with van der Waals surface area (Å²) in [6.07, 6.45) is 2.19. The zero-order chi connectivity index (χ0) is 11.3. The number of halogens is 1. The van der Waals surface area contributed by atoms with Gasteiger partial charge in [0.1, 0.15) is 0 Å². The predicted molar refractivity (Wildman–Crippen MR) is 72.5 cm³/mol. The molecular weight excluding hydrogens is 270 g/mol. The Kier molecular flexibility index (Phi) is 5.58. The van der Waals surface area contributed by atoms with Crippen LogP contribution in [0, 0.1) is 0 Å². The Morgan fingerprint density at radius 2 is 2.33 bits per heavy atom. The lowest BCUT2D eigenvalue weighted by atomic mass is 10.1. The van der Waals surface area contributed by atoms with Crippen LogP contribution in [0.1, 0.15) is 37.6 Å². The maximum absolute atomic E-state index is 3.99. The molecular formula is C12H18BrNS. The van der Waals surface area contributed by atoms with Gasteiger partial charge in [0, 0.05) is 10.9 Å². The maximum Gasteiger partial charge on any atom is 0.0701 e. The first-order valence-electron chi connectivity index (χ1n) is 5.26. The topological polar surface area (TPSA) is 12.0 Å². The summed E-state index contributed by atoms with van der Waals surface area (Å²) in [6.45, 7) is 9.33. The quantitative estimate of drug-likeness (QED) is 0.759. The number of hydrogen-bond donors (Lipinski definition) is 1. The second-order valence-corrected chi connectivity index (χ2v) is 6.30. The van der Waals surface area contributed by atoms with E-state index in [1.165, 1.54) is 20.7 Å². The van der Waals surface area contributed by atoms with Crippen LogP contribution in [0.3, 0.4) is 0 Å². The molecule has 1 atom stereocenters. The van der Waals surface area contributed by atoms with Crippen molar-refractivity contribution in [2.75, 3.05) is 6.54 Å². The van der Waals surface area contributed by atoms with E-state index in [0.29, 0.717) is 6.04 Å². The van der Waals surface area contributed by atoms with Gasteiger partial charge >= 0.3 is 0 Å². The summed E-state index contributed by atoms with van der Waals surface area (Å²) in [7, 11) is 0. The minimum Gasteiger partial charge on any atom is -0.309 e. The third kappa shape index (κ3) is 4.49. The lowest BCUT2D eigenvalue weighted by Gasteiger charge is -2.16. The monoisotopic (exact) mass is 287 g/mol. The van der Waals surface area contributed by atoms with E-state index in [9.17, 15) is 0 Å². The van der Waals surface area contributed by atoms with Crippen LogP contribution in [-0.4, -0.2) is 6.54 Å². The van der Waals surface area contributed by atoms with Crippen LogP contribution in [0.5, 0.6) is 0 Å². The normalized spacial score (nSPS) is 12.7.